The fourth-order valence-corrected chi connectivity index (χ4v) is 2.85. The van der Waals surface area contributed by atoms with Crippen LogP contribution >= 0.6 is 0 Å². The number of nitrogens with zero attached hydrogens (tertiary/aromatic N) is 2. The van der Waals surface area contributed by atoms with E-state index < -0.39 is 16.3 Å². The minimum absolute atomic E-state index is 0.0614. The van der Waals surface area contributed by atoms with E-state index in [0.717, 1.165) is 0 Å². The van der Waals surface area contributed by atoms with Gasteiger partial charge in [0.15, 0.2) is 0 Å². The topological polar surface area (TPSA) is 116 Å². The molecule has 0 saturated heterocycles. The summed E-state index contributed by atoms with van der Waals surface area (Å²) >= 11 is 0. The van der Waals surface area contributed by atoms with Crippen molar-refractivity contribution in [3.05, 3.63) is 42.2 Å². The number of rotatable bonds is 8. The first-order valence-corrected chi connectivity index (χ1v) is 8.89. The van der Waals surface area contributed by atoms with Crippen LogP contribution in [0.2, 0.25) is 0 Å². The number of nitrogens with one attached hydrogen (secondary N) is 1. The Hall–Kier alpha value is -2.23. The Bertz CT molecular complexity index is 759. The summed E-state index contributed by atoms with van der Waals surface area (Å²) in [4.78, 5) is 8.16. The van der Waals surface area contributed by atoms with Gasteiger partial charge >= 0.3 is 0 Å². The lowest BCUT2D eigenvalue weighted by molar-refractivity contribution is -0.142. The van der Waals surface area contributed by atoms with Gasteiger partial charge in [-0.15, -0.1) is 0 Å². The van der Waals surface area contributed by atoms with Crippen molar-refractivity contribution in [3.8, 4) is 0 Å². The molecule has 8 nitrogen and oxygen atoms in total. The fourth-order valence-electron chi connectivity index (χ4n) is 1.90. The highest BCUT2D eigenvalue weighted by atomic mass is 32.2. The Morgan fingerprint density at radius 1 is 1.12 bits per heavy atom. The van der Waals surface area contributed by atoms with E-state index in [1.54, 1.807) is 6.07 Å². The Labute approximate surface area is 141 Å². The minimum Gasteiger partial charge on any atom is -0.399 e. The fraction of sp³-hybridized carbons (Fsp3) is 0.333. The van der Waals surface area contributed by atoms with Crippen molar-refractivity contribution in [3.63, 3.8) is 0 Å². The molecule has 1 heterocycles. The first-order valence-electron chi connectivity index (χ1n) is 7.40. The maximum atomic E-state index is 12.4. The van der Waals surface area contributed by atoms with Gasteiger partial charge in [-0.05, 0) is 44.2 Å². The van der Waals surface area contributed by atoms with E-state index >= 15 is 0 Å². The molecule has 0 bridgehead atoms. The van der Waals surface area contributed by atoms with Crippen molar-refractivity contribution in [1.29, 1.82) is 0 Å². The van der Waals surface area contributed by atoms with Crippen LogP contribution in [0.4, 0.5) is 11.6 Å². The Morgan fingerprint density at radius 3 is 2.33 bits per heavy atom. The third-order valence-corrected chi connectivity index (χ3v) is 4.31. The first kappa shape index (κ1) is 18.1. The van der Waals surface area contributed by atoms with Gasteiger partial charge in [-0.25, -0.2) is 23.1 Å². The number of hydrogen-bond donors (Lipinski definition) is 2. The van der Waals surface area contributed by atoms with Crippen molar-refractivity contribution in [2.45, 2.75) is 25.0 Å². The van der Waals surface area contributed by atoms with Crippen molar-refractivity contribution in [2.24, 2.45) is 0 Å². The number of ether oxygens (including phenoxy) is 2. The van der Waals surface area contributed by atoms with Gasteiger partial charge in [-0.1, -0.05) is 0 Å². The van der Waals surface area contributed by atoms with Crippen molar-refractivity contribution in [2.75, 3.05) is 23.7 Å². The van der Waals surface area contributed by atoms with Crippen LogP contribution in [0.3, 0.4) is 0 Å². The number of aromatic nitrogens is 2. The largest absolute Gasteiger partial charge is 0.399 e. The molecule has 0 aliphatic carbocycles. The molecule has 2 aromatic rings. The van der Waals surface area contributed by atoms with Gasteiger partial charge in [0, 0.05) is 25.1 Å². The lowest BCUT2D eigenvalue weighted by atomic mass is 10.3. The summed E-state index contributed by atoms with van der Waals surface area (Å²) in [5, 5.41) is 0. The van der Waals surface area contributed by atoms with Crippen molar-refractivity contribution in [1.82, 2.24) is 9.97 Å². The second-order valence-corrected chi connectivity index (χ2v) is 6.40. The summed E-state index contributed by atoms with van der Waals surface area (Å²) in [7, 11) is -3.81. The summed E-state index contributed by atoms with van der Waals surface area (Å²) in [5.41, 5.74) is 6.47. The summed E-state index contributed by atoms with van der Waals surface area (Å²) in [6, 6.07) is 7.44. The summed E-state index contributed by atoms with van der Waals surface area (Å²) < 4.78 is 37.9. The molecule has 2 rings (SSSR count). The average molecular weight is 352 g/mol. The van der Waals surface area contributed by atoms with E-state index in [0.29, 0.717) is 24.6 Å². The second kappa shape index (κ2) is 8.04. The third kappa shape index (κ3) is 4.63. The molecule has 0 radical (unpaired) electrons. The molecular weight excluding hydrogens is 332 g/mol. The number of anilines is 2. The van der Waals surface area contributed by atoms with Crippen LogP contribution in [-0.2, 0) is 19.5 Å². The van der Waals surface area contributed by atoms with Crippen LogP contribution in [-0.4, -0.2) is 31.6 Å². The molecule has 0 unspecified atom stereocenters. The monoisotopic (exact) mass is 352 g/mol. The lowest BCUT2D eigenvalue weighted by Crippen LogP contribution is -2.17. The quantitative estimate of drug-likeness (QED) is 0.551. The Morgan fingerprint density at radius 2 is 1.75 bits per heavy atom. The zero-order chi connectivity index (χ0) is 17.6. The van der Waals surface area contributed by atoms with Gasteiger partial charge in [0.1, 0.15) is 5.69 Å². The molecule has 0 aliphatic heterocycles. The zero-order valence-electron chi connectivity index (χ0n) is 13.5. The Kier molecular flexibility index (Phi) is 6.07. The van der Waals surface area contributed by atoms with Crippen LogP contribution in [0.25, 0.3) is 0 Å². The molecule has 3 N–H and O–H groups in total. The number of nitrogens with two attached hydrogens (primary N) is 1. The Balaban J connectivity index is 2.23. The smallest absolute Gasteiger partial charge is 0.264 e. The van der Waals surface area contributed by atoms with E-state index in [1.165, 1.54) is 30.5 Å². The maximum Gasteiger partial charge on any atom is 0.264 e. The third-order valence-electron chi connectivity index (χ3n) is 2.97. The van der Waals surface area contributed by atoms with Crippen LogP contribution < -0.4 is 10.5 Å². The molecule has 0 saturated carbocycles. The highest BCUT2D eigenvalue weighted by molar-refractivity contribution is 7.92. The van der Waals surface area contributed by atoms with Gasteiger partial charge in [-0.3, -0.25) is 0 Å². The number of sulfonamides is 1. The first-order chi connectivity index (χ1) is 11.5. The molecule has 0 atom stereocenters. The molecule has 9 heteroatoms. The standard InChI is InChI=1S/C15H20N4O4S/c1-3-22-14(23-4-2)13-9-10-17-15(18-13)19-24(20,21)12-7-5-11(16)6-8-12/h5-10,14H,3-4,16H2,1-2H3,(H,17,18,19). The summed E-state index contributed by atoms with van der Waals surface area (Å²) in [6.07, 6.45) is 0.761. The molecular formula is C15H20N4O4S. The van der Waals surface area contributed by atoms with Gasteiger partial charge in [0.05, 0.1) is 4.90 Å². The van der Waals surface area contributed by atoms with E-state index in [4.69, 9.17) is 15.2 Å². The molecule has 1 aromatic heterocycles. The molecule has 130 valence electrons. The molecule has 0 aliphatic rings. The highest BCUT2D eigenvalue weighted by Gasteiger charge is 2.18. The van der Waals surface area contributed by atoms with Crippen LogP contribution in [0.1, 0.15) is 25.8 Å². The van der Waals surface area contributed by atoms with Crippen molar-refractivity contribution < 1.29 is 17.9 Å². The van der Waals surface area contributed by atoms with Crippen LogP contribution in [0, 0.1) is 0 Å². The van der Waals surface area contributed by atoms with Crippen LogP contribution in [0.5, 0.6) is 0 Å². The normalized spacial score (nSPS) is 11.6. The van der Waals surface area contributed by atoms with E-state index in [9.17, 15) is 8.42 Å². The minimum atomic E-state index is -3.81. The van der Waals surface area contributed by atoms with Crippen molar-refractivity contribution >= 4 is 21.7 Å². The SMILES string of the molecule is CCOC(OCC)c1ccnc(NS(=O)(=O)c2ccc(N)cc2)n1. The second-order valence-electron chi connectivity index (χ2n) is 4.72. The predicted octanol–water partition coefficient (Wildman–Crippen LogP) is 1.93. The van der Waals surface area contributed by atoms with E-state index in [1.807, 2.05) is 13.8 Å². The van der Waals surface area contributed by atoms with E-state index in [-0.39, 0.29) is 10.8 Å². The molecule has 1 aromatic carbocycles. The highest BCUT2D eigenvalue weighted by Crippen LogP contribution is 2.19. The van der Waals surface area contributed by atoms with E-state index in [2.05, 4.69) is 14.7 Å². The molecule has 24 heavy (non-hydrogen) atoms. The molecule has 0 amide bonds. The van der Waals surface area contributed by atoms with Gasteiger partial charge in [-0.2, -0.15) is 0 Å². The number of hydrogen-bond acceptors (Lipinski definition) is 7. The van der Waals surface area contributed by atoms with Gasteiger partial charge < -0.3 is 15.2 Å². The van der Waals surface area contributed by atoms with Gasteiger partial charge in [0.25, 0.3) is 10.0 Å². The molecule has 0 spiro atoms. The number of benzene rings is 1. The average Bonchev–Trinajstić information content (AvgIpc) is 2.55. The predicted molar refractivity (Wildman–Crippen MR) is 89.7 cm³/mol. The lowest BCUT2D eigenvalue weighted by Gasteiger charge is -2.16. The number of nitrogen functional groups attached to an aromatic ring is 1. The summed E-state index contributed by atoms with van der Waals surface area (Å²) in [5.74, 6) is -0.0614. The maximum absolute atomic E-state index is 12.4. The zero-order valence-corrected chi connectivity index (χ0v) is 14.3. The summed E-state index contributed by atoms with van der Waals surface area (Å²) in [6.45, 7) is 4.53. The van der Waals surface area contributed by atoms with Gasteiger partial charge in [0.2, 0.25) is 12.2 Å². The van der Waals surface area contributed by atoms with Crippen LogP contribution in [0.15, 0.2) is 41.4 Å². The molecule has 0 fully saturated rings.